The molecule has 0 saturated heterocycles. The van der Waals surface area contributed by atoms with Gasteiger partial charge in [-0.1, -0.05) is 0 Å². The first-order chi connectivity index (χ1) is 4.09. The van der Waals surface area contributed by atoms with Crippen molar-refractivity contribution in [3.05, 3.63) is 6.92 Å². The van der Waals surface area contributed by atoms with E-state index in [1.165, 1.54) is 0 Å². The topological polar surface area (TPSA) is 3.24 Å². The molecule has 0 N–H and O–H groups in total. The van der Waals surface area contributed by atoms with Crippen LogP contribution in [0.2, 0.25) is 0 Å². The summed E-state index contributed by atoms with van der Waals surface area (Å²) in [5.41, 5.74) is 0. The van der Waals surface area contributed by atoms with Crippen LogP contribution in [0.1, 0.15) is 27.7 Å². The zero-order chi connectivity index (χ0) is 7.44. The zero-order valence-corrected chi connectivity index (χ0v) is 8.02. The Morgan fingerprint density at radius 3 is 1.40 bits per heavy atom. The second-order valence-electron chi connectivity index (χ2n) is 2.93. The van der Waals surface area contributed by atoms with Crippen molar-refractivity contribution in [3.63, 3.8) is 0 Å². The van der Waals surface area contributed by atoms with Gasteiger partial charge in [0.15, 0.2) is 0 Å². The van der Waals surface area contributed by atoms with Gasteiger partial charge in [0.2, 0.25) is 0 Å². The molecule has 2 heteroatoms. The molecular formula is C8H18LiN. The quantitative estimate of drug-likeness (QED) is 0.352. The largest absolute Gasteiger partial charge is 1.00 e. The standard InChI is InChI=1S/C8H18N.Li/c1-6-9(7(2)3)8(4)5;/h7-8H,1,6H2,2-5H3;/q-1;+1. The van der Waals surface area contributed by atoms with Gasteiger partial charge >= 0.3 is 18.9 Å². The molecule has 56 valence electrons. The van der Waals surface area contributed by atoms with E-state index in [9.17, 15) is 0 Å². The average Bonchev–Trinajstić information content (AvgIpc) is 1.64. The van der Waals surface area contributed by atoms with E-state index < -0.39 is 0 Å². The van der Waals surface area contributed by atoms with Gasteiger partial charge in [0, 0.05) is 12.1 Å². The summed E-state index contributed by atoms with van der Waals surface area (Å²) in [5, 5.41) is 0. The first-order valence-electron chi connectivity index (χ1n) is 3.64. The van der Waals surface area contributed by atoms with E-state index in [-0.39, 0.29) is 18.9 Å². The molecule has 0 atom stereocenters. The Morgan fingerprint density at radius 2 is 1.40 bits per heavy atom. The summed E-state index contributed by atoms with van der Waals surface area (Å²) in [7, 11) is 0. The SMILES string of the molecule is [CH2-]CN(C(C)C)C(C)C.[Li+]. The third kappa shape index (κ3) is 4.39. The van der Waals surface area contributed by atoms with Crippen molar-refractivity contribution in [1.82, 2.24) is 4.90 Å². The minimum atomic E-state index is 0. The molecule has 0 heterocycles. The smallest absolute Gasteiger partial charge is 0.330 e. The first-order valence-corrected chi connectivity index (χ1v) is 3.64. The summed E-state index contributed by atoms with van der Waals surface area (Å²) < 4.78 is 0. The Bertz CT molecular complexity index is 63.7. The molecule has 0 aliphatic carbocycles. The van der Waals surface area contributed by atoms with Crippen molar-refractivity contribution in [3.8, 4) is 0 Å². The van der Waals surface area contributed by atoms with Crippen molar-refractivity contribution in [2.24, 2.45) is 0 Å². The monoisotopic (exact) mass is 135 g/mol. The second-order valence-corrected chi connectivity index (χ2v) is 2.93. The predicted octanol–water partition coefficient (Wildman–Crippen LogP) is -1.06. The first kappa shape index (κ1) is 13.2. The molecule has 0 unspecified atom stereocenters. The van der Waals surface area contributed by atoms with Crippen LogP contribution >= 0.6 is 0 Å². The van der Waals surface area contributed by atoms with Crippen molar-refractivity contribution < 1.29 is 18.9 Å². The van der Waals surface area contributed by atoms with Gasteiger partial charge in [0.1, 0.15) is 0 Å². The minimum Gasteiger partial charge on any atom is -0.330 e. The van der Waals surface area contributed by atoms with Crippen LogP contribution in [0.5, 0.6) is 0 Å². The predicted molar refractivity (Wildman–Crippen MR) is 42.3 cm³/mol. The molecule has 0 aromatic carbocycles. The Balaban J connectivity index is 0. The van der Waals surface area contributed by atoms with Crippen LogP contribution < -0.4 is 18.9 Å². The molecule has 0 aromatic rings. The van der Waals surface area contributed by atoms with Gasteiger partial charge in [-0.3, -0.25) is 0 Å². The molecule has 0 aliphatic rings. The van der Waals surface area contributed by atoms with E-state index in [4.69, 9.17) is 0 Å². The van der Waals surface area contributed by atoms with Crippen molar-refractivity contribution in [2.45, 2.75) is 39.8 Å². The van der Waals surface area contributed by atoms with Crippen LogP contribution in [0.3, 0.4) is 0 Å². The third-order valence-electron chi connectivity index (χ3n) is 1.58. The summed E-state index contributed by atoms with van der Waals surface area (Å²) in [6.07, 6.45) is 0. The molecule has 0 amide bonds. The van der Waals surface area contributed by atoms with E-state index >= 15 is 0 Å². The van der Waals surface area contributed by atoms with Crippen molar-refractivity contribution >= 4 is 0 Å². The molecule has 1 nitrogen and oxygen atoms in total. The number of hydrogen-bond acceptors (Lipinski definition) is 1. The van der Waals surface area contributed by atoms with Gasteiger partial charge < -0.3 is 11.8 Å². The average molecular weight is 135 g/mol. The molecule has 0 aromatic heterocycles. The molecule has 0 aliphatic heterocycles. The molecule has 0 spiro atoms. The summed E-state index contributed by atoms with van der Waals surface area (Å²) in [6.45, 7) is 13.6. The Labute approximate surface area is 77.4 Å². The van der Waals surface area contributed by atoms with Gasteiger partial charge in [-0.25, -0.2) is 0 Å². The summed E-state index contributed by atoms with van der Waals surface area (Å²) in [5.74, 6) is 0. The van der Waals surface area contributed by atoms with Crippen LogP contribution in [0, 0.1) is 6.92 Å². The van der Waals surface area contributed by atoms with E-state index in [1.54, 1.807) is 0 Å². The van der Waals surface area contributed by atoms with Crippen LogP contribution in [0.4, 0.5) is 0 Å². The molecular weight excluding hydrogens is 117 g/mol. The fourth-order valence-corrected chi connectivity index (χ4v) is 1.11. The molecule has 0 rings (SSSR count). The minimum absolute atomic E-state index is 0. The fraction of sp³-hybridized carbons (Fsp3) is 0.875. The van der Waals surface area contributed by atoms with Crippen LogP contribution in [0.15, 0.2) is 0 Å². The maximum absolute atomic E-state index is 3.85. The van der Waals surface area contributed by atoms with Gasteiger partial charge in [-0.05, 0) is 27.7 Å². The summed E-state index contributed by atoms with van der Waals surface area (Å²) in [4.78, 5) is 2.35. The summed E-state index contributed by atoms with van der Waals surface area (Å²) in [6, 6.07) is 1.25. The fourth-order valence-electron chi connectivity index (χ4n) is 1.11. The van der Waals surface area contributed by atoms with Crippen LogP contribution in [-0.2, 0) is 0 Å². The van der Waals surface area contributed by atoms with E-state index in [0.717, 1.165) is 6.54 Å². The number of rotatable bonds is 3. The Kier molecular flexibility index (Phi) is 8.27. The molecule has 10 heavy (non-hydrogen) atoms. The van der Waals surface area contributed by atoms with Gasteiger partial charge in [0.25, 0.3) is 0 Å². The van der Waals surface area contributed by atoms with Crippen molar-refractivity contribution in [2.75, 3.05) is 6.54 Å². The Hall–Kier alpha value is 0.557. The van der Waals surface area contributed by atoms with E-state index in [0.29, 0.717) is 12.1 Å². The normalized spacial score (nSPS) is 10.8. The Morgan fingerprint density at radius 1 is 1.10 bits per heavy atom. The second kappa shape index (κ2) is 6.28. The molecule has 0 bridgehead atoms. The van der Waals surface area contributed by atoms with Crippen molar-refractivity contribution in [1.29, 1.82) is 0 Å². The molecule has 0 fully saturated rings. The number of nitrogens with zero attached hydrogens (tertiary/aromatic N) is 1. The molecule has 0 radical (unpaired) electrons. The van der Waals surface area contributed by atoms with Crippen LogP contribution in [-0.4, -0.2) is 23.5 Å². The number of hydrogen-bond donors (Lipinski definition) is 0. The maximum atomic E-state index is 3.85. The van der Waals surface area contributed by atoms with E-state index in [1.807, 2.05) is 0 Å². The summed E-state index contributed by atoms with van der Waals surface area (Å²) >= 11 is 0. The van der Waals surface area contributed by atoms with Gasteiger partial charge in [-0.2, -0.15) is 0 Å². The third-order valence-corrected chi connectivity index (χ3v) is 1.58. The zero-order valence-electron chi connectivity index (χ0n) is 8.02. The molecule has 0 saturated carbocycles. The van der Waals surface area contributed by atoms with Gasteiger partial charge in [0.05, 0.1) is 0 Å². The van der Waals surface area contributed by atoms with Crippen LogP contribution in [0.25, 0.3) is 0 Å². The maximum Gasteiger partial charge on any atom is 1.00 e. The van der Waals surface area contributed by atoms with E-state index in [2.05, 4.69) is 39.5 Å². The van der Waals surface area contributed by atoms with Gasteiger partial charge in [-0.15, -0.1) is 6.54 Å².